The second-order valence-corrected chi connectivity index (χ2v) is 11.1. The normalized spacial score (nSPS) is 19.2. The molecule has 2 atom stereocenters. The van der Waals surface area contributed by atoms with E-state index in [1.807, 2.05) is 0 Å². The molecule has 212 valence electrons. The van der Waals surface area contributed by atoms with Crippen LogP contribution in [0.5, 0.6) is 0 Å². The van der Waals surface area contributed by atoms with Crippen LogP contribution in [0.3, 0.4) is 0 Å². The van der Waals surface area contributed by atoms with Crippen LogP contribution >= 0.6 is 0 Å². The largest absolute Gasteiger partial charge is 0.417 e. The number of halogens is 6. The lowest BCUT2D eigenvalue weighted by Gasteiger charge is -2.35. The fourth-order valence-corrected chi connectivity index (χ4v) is 6.09. The van der Waals surface area contributed by atoms with E-state index in [-0.39, 0.29) is 52.4 Å². The second kappa shape index (κ2) is 10.1. The van der Waals surface area contributed by atoms with E-state index in [0.717, 1.165) is 22.6 Å². The van der Waals surface area contributed by atoms with Gasteiger partial charge in [0.1, 0.15) is 11.5 Å². The number of pyridine rings is 2. The molecule has 0 bridgehead atoms. The Morgan fingerprint density at radius 1 is 0.950 bits per heavy atom. The number of fused-ring (bicyclic) bond motifs is 1. The van der Waals surface area contributed by atoms with Crippen LogP contribution in [-0.2, 0) is 22.4 Å². The Labute approximate surface area is 223 Å². The number of nitrogens with one attached hydrogen (secondary N) is 2. The van der Waals surface area contributed by atoms with E-state index in [4.69, 9.17) is 0 Å². The number of aromatic nitrogens is 3. The van der Waals surface area contributed by atoms with E-state index < -0.39 is 45.6 Å². The summed E-state index contributed by atoms with van der Waals surface area (Å²) in [5, 5.41) is 13.3. The fourth-order valence-electron chi connectivity index (χ4n) is 4.61. The minimum Gasteiger partial charge on any atom is -0.390 e. The van der Waals surface area contributed by atoms with Crippen LogP contribution in [0.15, 0.2) is 66.0 Å². The first-order chi connectivity index (χ1) is 18.7. The van der Waals surface area contributed by atoms with E-state index in [0.29, 0.717) is 6.20 Å². The molecule has 3 N–H and O–H groups in total. The summed E-state index contributed by atoms with van der Waals surface area (Å²) in [6.07, 6.45) is -7.24. The fraction of sp³-hybridized carbons (Fsp3) is 0.280. The van der Waals surface area contributed by atoms with Crippen LogP contribution in [0.1, 0.15) is 17.5 Å². The number of alkyl halides is 6. The Balaban J connectivity index is 1.31. The molecular formula is C25H21F6N5O3S. The molecule has 1 aromatic carbocycles. The van der Waals surface area contributed by atoms with Crippen molar-refractivity contribution in [2.24, 2.45) is 0 Å². The van der Waals surface area contributed by atoms with E-state index in [9.17, 15) is 39.9 Å². The first-order valence-electron chi connectivity index (χ1n) is 11.9. The third-order valence-electron chi connectivity index (χ3n) is 6.64. The van der Waals surface area contributed by atoms with Gasteiger partial charge in [-0.15, -0.1) is 0 Å². The number of piperidine rings is 1. The highest BCUT2D eigenvalue weighted by Gasteiger charge is 2.38. The van der Waals surface area contributed by atoms with Crippen molar-refractivity contribution >= 4 is 26.9 Å². The zero-order valence-corrected chi connectivity index (χ0v) is 21.1. The molecule has 5 rings (SSSR count). The summed E-state index contributed by atoms with van der Waals surface area (Å²) >= 11 is 0. The Morgan fingerprint density at radius 3 is 2.27 bits per heavy atom. The zero-order chi connectivity index (χ0) is 28.9. The molecule has 40 heavy (non-hydrogen) atoms. The predicted octanol–water partition coefficient (Wildman–Crippen LogP) is 4.90. The molecular weight excluding hydrogens is 564 g/mol. The predicted molar refractivity (Wildman–Crippen MR) is 133 cm³/mol. The topological polar surface area (TPSA) is 111 Å². The summed E-state index contributed by atoms with van der Waals surface area (Å²) in [5.74, 6) is 0.0921. The smallest absolute Gasteiger partial charge is 0.390 e. The molecule has 4 aromatic rings. The van der Waals surface area contributed by atoms with Crippen LogP contribution in [0.2, 0.25) is 0 Å². The number of aliphatic hydroxyl groups excluding tert-OH is 1. The summed E-state index contributed by atoms with van der Waals surface area (Å²) in [5.41, 5.74) is -1.84. The zero-order valence-electron chi connectivity index (χ0n) is 20.3. The molecule has 0 saturated carbocycles. The van der Waals surface area contributed by atoms with E-state index in [1.54, 1.807) is 0 Å². The Kier molecular flexibility index (Phi) is 7.00. The molecule has 3 aromatic heterocycles. The number of aromatic amines is 1. The highest BCUT2D eigenvalue weighted by molar-refractivity contribution is 7.89. The number of benzene rings is 1. The quantitative estimate of drug-likeness (QED) is 0.288. The van der Waals surface area contributed by atoms with Crippen molar-refractivity contribution in [2.75, 3.05) is 18.4 Å². The average Bonchev–Trinajstić information content (AvgIpc) is 3.37. The molecule has 0 radical (unpaired) electrons. The van der Waals surface area contributed by atoms with Gasteiger partial charge in [0.15, 0.2) is 0 Å². The monoisotopic (exact) mass is 585 g/mol. The maximum atomic E-state index is 13.9. The minimum atomic E-state index is -4.69. The average molecular weight is 586 g/mol. The van der Waals surface area contributed by atoms with Crippen molar-refractivity contribution in [2.45, 2.75) is 35.8 Å². The third kappa shape index (κ3) is 5.36. The number of H-pyrrole nitrogens is 1. The summed E-state index contributed by atoms with van der Waals surface area (Å²) in [6.45, 7) is -0.333. The number of sulfonamides is 1. The SMILES string of the molecule is O=S(=O)(c1ccc(-c2cnc3[nH]ccc3c2C(F)(F)F)cc1)N1CC[C@@H](Nc2ccc(C(F)(F)F)cn2)[C@@H](O)C1. The van der Waals surface area contributed by atoms with Crippen molar-refractivity contribution in [1.82, 2.24) is 19.3 Å². The van der Waals surface area contributed by atoms with Crippen molar-refractivity contribution in [3.8, 4) is 11.1 Å². The molecule has 8 nitrogen and oxygen atoms in total. The number of β-amino-alcohol motifs (C(OH)–C–C–N with tert-alkyl or cyclic N) is 1. The van der Waals surface area contributed by atoms with Gasteiger partial charge in [0.05, 0.1) is 28.2 Å². The molecule has 1 fully saturated rings. The lowest BCUT2D eigenvalue weighted by atomic mass is 9.99. The first-order valence-corrected chi connectivity index (χ1v) is 13.3. The molecule has 0 amide bonds. The van der Waals surface area contributed by atoms with Gasteiger partial charge in [-0.3, -0.25) is 0 Å². The number of aliphatic hydroxyl groups is 1. The number of hydrogen-bond donors (Lipinski definition) is 3. The molecule has 0 spiro atoms. The number of rotatable bonds is 5. The number of anilines is 1. The van der Waals surface area contributed by atoms with E-state index >= 15 is 0 Å². The summed E-state index contributed by atoms with van der Waals surface area (Å²) in [4.78, 5) is 10.2. The molecule has 1 aliphatic heterocycles. The maximum Gasteiger partial charge on any atom is 0.417 e. The standard InChI is InChI=1S/C25H21F6N5O3S/c26-24(27,28)15-3-6-21(33-11-15)35-19-8-10-36(13-20(19)37)40(38,39)16-4-1-14(2-5-16)18-12-34-23-17(7-9-32-23)22(18)25(29,30)31/h1-7,9,11-12,19-20,37H,8,10,13H2,(H,32,34)(H,33,35)/t19-,20+/m1/s1. The third-order valence-corrected chi connectivity index (χ3v) is 8.52. The van der Waals surface area contributed by atoms with E-state index in [1.165, 1.54) is 36.5 Å². The van der Waals surface area contributed by atoms with Crippen LogP contribution in [0, 0.1) is 0 Å². The van der Waals surface area contributed by atoms with Crippen molar-refractivity contribution < 1.29 is 39.9 Å². The van der Waals surface area contributed by atoms with Gasteiger partial charge in [-0.2, -0.15) is 30.6 Å². The lowest BCUT2D eigenvalue weighted by Crippen LogP contribution is -2.51. The molecule has 1 aliphatic rings. The lowest BCUT2D eigenvalue weighted by molar-refractivity contribution is -0.138. The van der Waals surface area contributed by atoms with E-state index in [2.05, 4.69) is 20.3 Å². The van der Waals surface area contributed by atoms with Crippen LogP contribution < -0.4 is 5.32 Å². The van der Waals surface area contributed by atoms with Crippen LogP contribution in [0.4, 0.5) is 32.2 Å². The molecule has 4 heterocycles. The van der Waals surface area contributed by atoms with Crippen molar-refractivity contribution in [3.63, 3.8) is 0 Å². The van der Waals surface area contributed by atoms with Crippen molar-refractivity contribution in [1.29, 1.82) is 0 Å². The maximum absolute atomic E-state index is 13.9. The second-order valence-electron chi connectivity index (χ2n) is 9.21. The Morgan fingerprint density at radius 2 is 1.68 bits per heavy atom. The Hall–Kier alpha value is -3.69. The van der Waals surface area contributed by atoms with Gasteiger partial charge >= 0.3 is 12.4 Å². The summed E-state index contributed by atoms with van der Waals surface area (Å²) in [7, 11) is -4.11. The molecule has 0 aliphatic carbocycles. The summed E-state index contributed by atoms with van der Waals surface area (Å²) in [6, 6.07) is 7.46. The van der Waals surface area contributed by atoms with Crippen molar-refractivity contribution in [3.05, 3.63) is 72.2 Å². The van der Waals surface area contributed by atoms with Crippen LogP contribution in [-0.4, -0.2) is 58.0 Å². The van der Waals surface area contributed by atoms with Crippen LogP contribution in [0.25, 0.3) is 22.2 Å². The number of nitrogens with zero attached hydrogens (tertiary/aromatic N) is 3. The van der Waals surface area contributed by atoms with Gasteiger partial charge in [0.2, 0.25) is 10.0 Å². The molecule has 0 unspecified atom stereocenters. The first kappa shape index (κ1) is 27.9. The number of hydrogen-bond acceptors (Lipinski definition) is 6. The van der Waals surface area contributed by atoms with Gasteiger partial charge in [0.25, 0.3) is 0 Å². The molecule has 1 saturated heterocycles. The van der Waals surface area contributed by atoms with Gasteiger partial charge in [-0.05, 0) is 42.3 Å². The highest BCUT2D eigenvalue weighted by atomic mass is 32.2. The van der Waals surface area contributed by atoms with Gasteiger partial charge in [-0.25, -0.2) is 18.4 Å². The van der Waals surface area contributed by atoms with Gasteiger partial charge < -0.3 is 15.4 Å². The molecule has 15 heteroatoms. The van der Waals surface area contributed by atoms with Gasteiger partial charge in [-0.1, -0.05) is 12.1 Å². The highest BCUT2D eigenvalue weighted by Crippen LogP contribution is 2.41. The minimum absolute atomic E-state index is 0.0221. The van der Waals surface area contributed by atoms with Gasteiger partial charge in [0, 0.05) is 42.6 Å². The summed E-state index contributed by atoms with van der Waals surface area (Å²) < 4.78 is 107. The Bertz CT molecular complexity index is 1620.